The third-order valence-corrected chi connectivity index (χ3v) is 7.61. The molecule has 3 aromatic rings. The lowest BCUT2D eigenvalue weighted by Crippen LogP contribution is -2.26. The topological polar surface area (TPSA) is 290 Å². The average molecular weight is 636 g/mol. The van der Waals surface area contributed by atoms with Gasteiger partial charge >= 0.3 is 15.6 Å². The summed E-state index contributed by atoms with van der Waals surface area (Å²) in [5.74, 6) is -0.129. The van der Waals surface area contributed by atoms with Crippen molar-refractivity contribution < 1.29 is 57.4 Å². The maximum atomic E-state index is 12.8. The molecule has 1 unspecified atom stereocenters. The van der Waals surface area contributed by atoms with Crippen LogP contribution in [0.25, 0.3) is 11.2 Å². The second-order valence-corrected chi connectivity index (χ2v) is 11.8. The fourth-order valence-electron chi connectivity index (χ4n) is 4.81. The molecule has 0 saturated carbocycles. The van der Waals surface area contributed by atoms with Crippen molar-refractivity contribution in [2.24, 2.45) is 0 Å². The number of phosphoric acid groups is 2. The summed E-state index contributed by atoms with van der Waals surface area (Å²) in [4.78, 5) is 72.7. The van der Waals surface area contributed by atoms with Crippen molar-refractivity contribution in [2.45, 2.75) is 49.7 Å². The van der Waals surface area contributed by atoms with Crippen LogP contribution in [0.4, 0.5) is 11.8 Å². The molecule has 0 aliphatic carbocycles. The van der Waals surface area contributed by atoms with E-state index in [1.165, 1.54) is 27.7 Å². The highest BCUT2D eigenvalue weighted by molar-refractivity contribution is 7.46. The van der Waals surface area contributed by atoms with E-state index in [4.69, 9.17) is 18.5 Å². The molecule has 8 N–H and O–H groups in total. The van der Waals surface area contributed by atoms with E-state index in [0.717, 1.165) is 6.07 Å². The predicted molar refractivity (Wildman–Crippen MR) is 137 cm³/mol. The smallest absolute Gasteiger partial charge is 0.394 e. The van der Waals surface area contributed by atoms with Gasteiger partial charge < -0.3 is 49.1 Å². The van der Waals surface area contributed by atoms with E-state index < -0.39 is 76.7 Å². The fraction of sp³-hybridized carbons (Fsp3) is 0.500. The summed E-state index contributed by atoms with van der Waals surface area (Å²) in [6.07, 6.45) is -4.17. The SMILES string of the molecule is O=c1ccn([C@H]2C[C@@H](OP(=O)(O)O)[C@@H](CO)O2)c(Nc2nc3c(ncn3[C@H]3CC(OP(=O)(O)O)[C@@H](CO)O3)c(=O)[nH]2)c1. The molecule has 0 radical (unpaired) electrons. The molecule has 20 nitrogen and oxygen atoms in total. The molecule has 0 bridgehead atoms. The molecular formula is C20H26N6O14P2. The van der Waals surface area contributed by atoms with Crippen molar-refractivity contribution in [3.63, 3.8) is 0 Å². The van der Waals surface area contributed by atoms with Gasteiger partial charge in [-0.1, -0.05) is 0 Å². The molecule has 0 aromatic carbocycles. The van der Waals surface area contributed by atoms with E-state index in [2.05, 4.69) is 20.3 Å². The number of imidazole rings is 1. The maximum Gasteiger partial charge on any atom is 0.469 e. The summed E-state index contributed by atoms with van der Waals surface area (Å²) in [6.45, 7) is -1.22. The van der Waals surface area contributed by atoms with E-state index in [9.17, 15) is 48.5 Å². The standard InChI is InChI=1S/C20H26N6O14P2/c27-6-12-10(39-41(31,32)33)4-15(37-12)25-2-1-9(29)3-14(25)22-20-23-18-17(19(30)24-20)21-8-26(18)16-5-11(13(7-28)38-16)40-42(34,35)36/h1-3,8,10-13,15-16,27-28H,4-7H2,(H2,31,32,33)(H2,34,35,36)(H2,22,23,24,30)/t10-,11?,12-,13-,15-,16-/m1/s1. The Bertz CT molecular complexity index is 1660. The van der Waals surface area contributed by atoms with Crippen LogP contribution < -0.4 is 16.3 Å². The maximum absolute atomic E-state index is 12.8. The number of phosphoric ester groups is 2. The first kappa shape index (κ1) is 30.6. The number of aromatic nitrogens is 5. The average Bonchev–Trinajstić information content (AvgIpc) is 3.59. The fourth-order valence-corrected chi connectivity index (χ4v) is 5.95. The number of aromatic amines is 1. The molecule has 0 spiro atoms. The quantitative estimate of drug-likeness (QED) is 0.118. The van der Waals surface area contributed by atoms with Crippen molar-refractivity contribution in [3.8, 4) is 0 Å². The minimum atomic E-state index is -4.91. The Morgan fingerprint density at radius 2 is 1.55 bits per heavy atom. The zero-order chi connectivity index (χ0) is 30.4. The molecule has 2 fully saturated rings. The number of pyridine rings is 1. The van der Waals surface area contributed by atoms with Crippen molar-refractivity contribution in [3.05, 3.63) is 45.2 Å². The first-order valence-electron chi connectivity index (χ1n) is 12.2. The number of anilines is 2. The van der Waals surface area contributed by atoms with Gasteiger partial charge in [0.2, 0.25) is 5.95 Å². The van der Waals surface area contributed by atoms with Crippen LogP contribution in [-0.4, -0.2) is 91.5 Å². The Kier molecular flexibility index (Phi) is 8.52. The van der Waals surface area contributed by atoms with Crippen LogP contribution in [-0.2, 0) is 27.7 Å². The van der Waals surface area contributed by atoms with Gasteiger partial charge in [-0.05, 0) is 0 Å². The number of nitrogens with zero attached hydrogens (tertiary/aromatic N) is 4. The molecule has 6 atom stereocenters. The van der Waals surface area contributed by atoms with Crippen LogP contribution in [0.5, 0.6) is 0 Å². The van der Waals surface area contributed by atoms with Crippen molar-refractivity contribution in [1.82, 2.24) is 24.1 Å². The van der Waals surface area contributed by atoms with Crippen LogP contribution in [0.3, 0.4) is 0 Å². The lowest BCUT2D eigenvalue weighted by molar-refractivity contribution is -0.0431. The Morgan fingerprint density at radius 1 is 0.976 bits per heavy atom. The zero-order valence-electron chi connectivity index (χ0n) is 21.2. The summed E-state index contributed by atoms with van der Waals surface area (Å²) in [5, 5.41) is 22.0. The Labute approximate surface area is 234 Å². The number of H-pyrrole nitrogens is 1. The van der Waals surface area contributed by atoms with Crippen molar-refractivity contribution >= 4 is 38.6 Å². The molecule has 3 aromatic heterocycles. The van der Waals surface area contributed by atoms with Gasteiger partial charge in [-0.2, -0.15) is 4.98 Å². The Hall–Kier alpha value is -2.84. The van der Waals surface area contributed by atoms with Gasteiger partial charge in [0, 0.05) is 31.2 Å². The number of hydrogen-bond acceptors (Lipinski definition) is 13. The molecule has 2 aliphatic heterocycles. The number of fused-ring (bicyclic) bond motifs is 1. The molecule has 2 saturated heterocycles. The van der Waals surface area contributed by atoms with Gasteiger partial charge in [0.1, 0.15) is 42.7 Å². The number of ether oxygens (including phenoxy) is 2. The normalized spacial score (nSPS) is 26.7. The first-order valence-corrected chi connectivity index (χ1v) is 15.3. The number of rotatable bonds is 10. The van der Waals surface area contributed by atoms with E-state index in [-0.39, 0.29) is 35.8 Å². The second kappa shape index (κ2) is 11.7. The highest BCUT2D eigenvalue weighted by Gasteiger charge is 2.42. The third-order valence-electron chi connectivity index (χ3n) is 6.52. The highest BCUT2D eigenvalue weighted by Crippen LogP contribution is 2.45. The molecule has 230 valence electrons. The zero-order valence-corrected chi connectivity index (χ0v) is 23.0. The highest BCUT2D eigenvalue weighted by atomic mass is 31.2. The number of nitrogens with one attached hydrogen (secondary N) is 2. The summed E-state index contributed by atoms with van der Waals surface area (Å²) >= 11 is 0. The molecule has 42 heavy (non-hydrogen) atoms. The molecular weight excluding hydrogens is 610 g/mol. The van der Waals surface area contributed by atoms with Gasteiger partial charge in [0.05, 0.1) is 19.5 Å². The molecule has 0 amide bonds. The van der Waals surface area contributed by atoms with Crippen LogP contribution in [0, 0.1) is 0 Å². The van der Waals surface area contributed by atoms with Gasteiger partial charge in [-0.25, -0.2) is 14.1 Å². The molecule has 5 heterocycles. The molecule has 2 aliphatic rings. The van der Waals surface area contributed by atoms with E-state index in [1.807, 2.05) is 0 Å². The van der Waals surface area contributed by atoms with Gasteiger partial charge in [0.25, 0.3) is 5.56 Å². The van der Waals surface area contributed by atoms with Crippen LogP contribution in [0.15, 0.2) is 34.2 Å². The first-order chi connectivity index (χ1) is 19.7. The second-order valence-electron chi connectivity index (χ2n) is 9.38. The third kappa shape index (κ3) is 6.70. The summed E-state index contributed by atoms with van der Waals surface area (Å²) < 4.78 is 46.2. The van der Waals surface area contributed by atoms with Crippen molar-refractivity contribution in [1.29, 1.82) is 0 Å². The van der Waals surface area contributed by atoms with E-state index in [1.54, 1.807) is 0 Å². The largest absolute Gasteiger partial charge is 0.469 e. The number of hydrogen-bond donors (Lipinski definition) is 8. The minimum absolute atomic E-state index is 0.0165. The van der Waals surface area contributed by atoms with Gasteiger partial charge in [-0.15, -0.1) is 0 Å². The van der Waals surface area contributed by atoms with E-state index >= 15 is 0 Å². The lowest BCUT2D eigenvalue weighted by atomic mass is 10.2. The molecule has 5 rings (SSSR count). The van der Waals surface area contributed by atoms with Gasteiger partial charge in [-0.3, -0.25) is 28.2 Å². The summed E-state index contributed by atoms with van der Waals surface area (Å²) in [5.41, 5.74) is -1.28. The summed E-state index contributed by atoms with van der Waals surface area (Å²) in [7, 11) is -9.82. The summed E-state index contributed by atoms with van der Waals surface area (Å²) in [6, 6.07) is 2.34. The number of aliphatic hydroxyl groups excluding tert-OH is 2. The lowest BCUT2D eigenvalue weighted by Gasteiger charge is -2.20. The minimum Gasteiger partial charge on any atom is -0.394 e. The van der Waals surface area contributed by atoms with Crippen molar-refractivity contribution in [2.75, 3.05) is 18.5 Å². The number of aliphatic hydroxyl groups is 2. The van der Waals surface area contributed by atoms with Crippen LogP contribution >= 0.6 is 15.6 Å². The van der Waals surface area contributed by atoms with Crippen LogP contribution in [0.2, 0.25) is 0 Å². The van der Waals surface area contributed by atoms with E-state index in [0.29, 0.717) is 0 Å². The predicted octanol–water partition coefficient (Wildman–Crippen LogP) is -1.46. The Balaban J connectivity index is 1.44. The monoisotopic (exact) mass is 636 g/mol. The van der Waals surface area contributed by atoms with Gasteiger partial charge in [0.15, 0.2) is 16.6 Å². The Morgan fingerprint density at radius 3 is 2.10 bits per heavy atom. The molecule has 22 heteroatoms. The van der Waals surface area contributed by atoms with Crippen LogP contribution in [0.1, 0.15) is 25.3 Å².